The van der Waals surface area contributed by atoms with Crippen LogP contribution in [0.25, 0.3) is 0 Å². The van der Waals surface area contributed by atoms with Crippen LogP contribution >= 0.6 is 0 Å². The summed E-state index contributed by atoms with van der Waals surface area (Å²) < 4.78 is 0. The first-order valence-electron chi connectivity index (χ1n) is 6.09. The number of nitrogens with two attached hydrogens (primary N) is 1. The van der Waals surface area contributed by atoms with Gasteiger partial charge in [-0.2, -0.15) is 0 Å². The average molecular weight is 234 g/mol. The molecule has 4 nitrogen and oxygen atoms in total. The van der Waals surface area contributed by atoms with E-state index in [1.165, 1.54) is 0 Å². The second kappa shape index (κ2) is 4.18. The zero-order valence-electron chi connectivity index (χ0n) is 11.2. The molecule has 2 rings (SSSR count). The number of rotatable bonds is 1. The van der Waals surface area contributed by atoms with Crippen LogP contribution in [0.2, 0.25) is 0 Å². The Hall–Kier alpha value is -1.29. The molecule has 1 aliphatic rings. The monoisotopic (exact) mass is 234 g/mol. The standard InChI is InChI=1S/C13H22N4/c1-10-5-6-11(14)12(15-10)17-8-7-16(4)13(2,3)9-17/h5-6H,7-9,14H2,1-4H3. The lowest BCUT2D eigenvalue weighted by Crippen LogP contribution is -2.58. The highest BCUT2D eigenvalue weighted by atomic mass is 15.3. The molecular weight excluding hydrogens is 212 g/mol. The Bertz CT molecular complexity index is 414. The van der Waals surface area contributed by atoms with Crippen LogP contribution in [0, 0.1) is 6.92 Å². The van der Waals surface area contributed by atoms with Crippen LogP contribution in [-0.4, -0.2) is 42.1 Å². The van der Waals surface area contributed by atoms with Crippen molar-refractivity contribution in [2.45, 2.75) is 26.3 Å². The summed E-state index contributed by atoms with van der Waals surface area (Å²) in [6.45, 7) is 9.51. The second-order valence-electron chi connectivity index (χ2n) is 5.52. The van der Waals surface area contributed by atoms with Crippen LogP contribution in [-0.2, 0) is 0 Å². The van der Waals surface area contributed by atoms with Gasteiger partial charge in [-0.15, -0.1) is 0 Å². The van der Waals surface area contributed by atoms with Gasteiger partial charge in [-0.05, 0) is 40.0 Å². The van der Waals surface area contributed by atoms with Crippen molar-refractivity contribution in [2.75, 3.05) is 37.3 Å². The van der Waals surface area contributed by atoms with Crippen molar-refractivity contribution < 1.29 is 0 Å². The van der Waals surface area contributed by atoms with Gasteiger partial charge in [0.05, 0.1) is 5.69 Å². The highest BCUT2D eigenvalue weighted by Crippen LogP contribution is 2.27. The molecule has 0 aliphatic carbocycles. The second-order valence-corrected chi connectivity index (χ2v) is 5.52. The molecule has 1 fully saturated rings. The van der Waals surface area contributed by atoms with Gasteiger partial charge in [-0.3, -0.25) is 4.90 Å². The van der Waals surface area contributed by atoms with Crippen LogP contribution in [0.3, 0.4) is 0 Å². The minimum Gasteiger partial charge on any atom is -0.396 e. The fraction of sp³-hybridized carbons (Fsp3) is 0.615. The number of likely N-dealkylation sites (N-methyl/N-ethyl adjacent to an activating group) is 1. The van der Waals surface area contributed by atoms with E-state index in [-0.39, 0.29) is 5.54 Å². The summed E-state index contributed by atoms with van der Waals surface area (Å²) >= 11 is 0. The number of hydrogen-bond acceptors (Lipinski definition) is 4. The molecule has 0 aromatic carbocycles. The molecule has 0 amide bonds. The molecule has 1 aromatic rings. The molecule has 0 saturated carbocycles. The van der Waals surface area contributed by atoms with Gasteiger partial charge < -0.3 is 10.6 Å². The smallest absolute Gasteiger partial charge is 0.152 e. The van der Waals surface area contributed by atoms with Gasteiger partial charge in [0, 0.05) is 30.9 Å². The normalized spacial score (nSPS) is 20.6. The highest BCUT2D eigenvalue weighted by molar-refractivity contribution is 5.63. The summed E-state index contributed by atoms with van der Waals surface area (Å²) in [5.74, 6) is 0.936. The predicted octanol–water partition coefficient (Wildman–Crippen LogP) is 1.50. The minimum atomic E-state index is 0.163. The first-order chi connectivity index (χ1) is 7.90. The van der Waals surface area contributed by atoms with Gasteiger partial charge in [0.2, 0.25) is 0 Å². The molecule has 4 heteroatoms. The molecule has 0 atom stereocenters. The van der Waals surface area contributed by atoms with E-state index in [1.54, 1.807) is 0 Å². The Morgan fingerprint density at radius 1 is 1.29 bits per heavy atom. The van der Waals surface area contributed by atoms with E-state index in [9.17, 15) is 0 Å². The quantitative estimate of drug-likeness (QED) is 0.800. The van der Waals surface area contributed by atoms with E-state index in [4.69, 9.17) is 5.73 Å². The van der Waals surface area contributed by atoms with Crippen molar-refractivity contribution in [1.29, 1.82) is 0 Å². The first kappa shape index (κ1) is 12.2. The Labute approximate surface area is 103 Å². The van der Waals surface area contributed by atoms with E-state index >= 15 is 0 Å². The van der Waals surface area contributed by atoms with Gasteiger partial charge in [0.25, 0.3) is 0 Å². The van der Waals surface area contributed by atoms with Gasteiger partial charge in [0.15, 0.2) is 5.82 Å². The lowest BCUT2D eigenvalue weighted by atomic mass is 9.99. The summed E-state index contributed by atoms with van der Waals surface area (Å²) in [6, 6.07) is 3.91. The lowest BCUT2D eigenvalue weighted by Gasteiger charge is -2.46. The fourth-order valence-electron chi connectivity index (χ4n) is 2.23. The number of anilines is 2. The summed E-state index contributed by atoms with van der Waals surface area (Å²) in [5.41, 5.74) is 7.98. The molecule has 1 aromatic heterocycles. The van der Waals surface area contributed by atoms with Crippen molar-refractivity contribution in [3.63, 3.8) is 0 Å². The molecular formula is C13H22N4. The topological polar surface area (TPSA) is 45.4 Å². The van der Waals surface area contributed by atoms with Crippen LogP contribution in [0.15, 0.2) is 12.1 Å². The maximum absolute atomic E-state index is 6.03. The number of aryl methyl sites for hydroxylation is 1. The van der Waals surface area contributed by atoms with E-state index in [0.717, 1.165) is 36.8 Å². The molecule has 0 bridgehead atoms. The molecule has 1 saturated heterocycles. The molecule has 94 valence electrons. The predicted molar refractivity (Wildman–Crippen MR) is 72.3 cm³/mol. The number of pyridine rings is 1. The van der Waals surface area contributed by atoms with Crippen LogP contribution in [0.5, 0.6) is 0 Å². The van der Waals surface area contributed by atoms with Gasteiger partial charge in [-0.1, -0.05) is 0 Å². The van der Waals surface area contributed by atoms with Crippen LogP contribution in [0.1, 0.15) is 19.5 Å². The molecule has 0 spiro atoms. The fourth-order valence-corrected chi connectivity index (χ4v) is 2.23. The molecule has 1 aliphatic heterocycles. The van der Waals surface area contributed by atoms with Gasteiger partial charge in [0.1, 0.15) is 0 Å². The molecule has 17 heavy (non-hydrogen) atoms. The summed E-state index contributed by atoms with van der Waals surface area (Å²) in [7, 11) is 2.17. The van der Waals surface area contributed by atoms with Crippen LogP contribution < -0.4 is 10.6 Å². The number of aromatic nitrogens is 1. The third-order valence-electron chi connectivity index (χ3n) is 3.66. The largest absolute Gasteiger partial charge is 0.396 e. The molecule has 2 heterocycles. The maximum Gasteiger partial charge on any atom is 0.152 e. The summed E-state index contributed by atoms with van der Waals surface area (Å²) in [5, 5.41) is 0. The SMILES string of the molecule is Cc1ccc(N)c(N2CCN(C)C(C)(C)C2)n1. The van der Waals surface area contributed by atoms with E-state index in [2.05, 4.69) is 35.7 Å². The summed E-state index contributed by atoms with van der Waals surface area (Å²) in [6.07, 6.45) is 0. The summed E-state index contributed by atoms with van der Waals surface area (Å²) in [4.78, 5) is 9.25. The number of piperazine rings is 1. The van der Waals surface area contributed by atoms with Gasteiger partial charge in [-0.25, -0.2) is 4.98 Å². The van der Waals surface area contributed by atoms with Crippen molar-refractivity contribution in [2.24, 2.45) is 0 Å². The number of nitrogens with zero attached hydrogens (tertiary/aromatic N) is 3. The van der Waals surface area contributed by atoms with Crippen molar-refractivity contribution >= 4 is 11.5 Å². The lowest BCUT2D eigenvalue weighted by molar-refractivity contribution is 0.138. The van der Waals surface area contributed by atoms with Crippen molar-refractivity contribution in [1.82, 2.24) is 9.88 Å². The minimum absolute atomic E-state index is 0.163. The van der Waals surface area contributed by atoms with Crippen LogP contribution in [0.4, 0.5) is 11.5 Å². The Balaban J connectivity index is 2.26. The van der Waals surface area contributed by atoms with Gasteiger partial charge >= 0.3 is 0 Å². The third-order valence-corrected chi connectivity index (χ3v) is 3.66. The Morgan fingerprint density at radius 3 is 2.65 bits per heavy atom. The first-order valence-corrected chi connectivity index (χ1v) is 6.09. The zero-order chi connectivity index (χ0) is 12.6. The van der Waals surface area contributed by atoms with Crippen molar-refractivity contribution in [3.8, 4) is 0 Å². The molecule has 2 N–H and O–H groups in total. The zero-order valence-corrected chi connectivity index (χ0v) is 11.2. The molecule has 0 radical (unpaired) electrons. The maximum atomic E-state index is 6.03. The van der Waals surface area contributed by atoms with Crippen molar-refractivity contribution in [3.05, 3.63) is 17.8 Å². The average Bonchev–Trinajstić information content (AvgIpc) is 2.25. The van der Waals surface area contributed by atoms with E-state index in [0.29, 0.717) is 0 Å². The molecule has 0 unspecified atom stereocenters. The van der Waals surface area contributed by atoms with E-state index in [1.807, 2.05) is 19.1 Å². The van der Waals surface area contributed by atoms with E-state index < -0.39 is 0 Å². The number of nitrogen functional groups attached to an aromatic ring is 1. The Morgan fingerprint density at radius 2 is 2.00 bits per heavy atom. The Kier molecular flexibility index (Phi) is 3.00. The highest BCUT2D eigenvalue weighted by Gasteiger charge is 2.32. The third kappa shape index (κ3) is 2.36. The number of hydrogen-bond donors (Lipinski definition) is 1.